The summed E-state index contributed by atoms with van der Waals surface area (Å²) < 4.78 is 13.6. The molecule has 0 rings (SSSR count). The van der Waals surface area contributed by atoms with Crippen LogP contribution in [0.3, 0.4) is 0 Å². The van der Waals surface area contributed by atoms with Crippen molar-refractivity contribution in [3.05, 3.63) is 0 Å². The molecule has 0 amide bonds. The van der Waals surface area contributed by atoms with E-state index in [1.54, 1.807) is 0 Å². The minimum Gasteiger partial charge on any atom is -0.247 e. The van der Waals surface area contributed by atoms with Gasteiger partial charge in [-0.05, 0) is 25.2 Å². The van der Waals surface area contributed by atoms with Gasteiger partial charge >= 0.3 is 0 Å². The fraction of sp³-hybridized carbons (Fsp3) is 1.00. The standard InChI is InChI=1S/C20H41F/c1-4-5-6-7-8-9-10-11-12-13-14-15-16-20(21)18-17-19(2)3/h19-20H,4-18H2,1-3H3. The minimum absolute atomic E-state index is 0.546. The molecule has 0 fully saturated rings. The number of rotatable bonds is 16. The minimum atomic E-state index is -0.546. The first-order valence-corrected chi connectivity index (χ1v) is 9.80. The maximum Gasteiger partial charge on any atom is 0.100 e. The van der Waals surface area contributed by atoms with Crippen molar-refractivity contribution in [2.45, 2.75) is 123 Å². The van der Waals surface area contributed by atoms with E-state index in [1.807, 2.05) is 0 Å². The van der Waals surface area contributed by atoms with Gasteiger partial charge in [-0.25, -0.2) is 4.39 Å². The number of alkyl halides is 1. The van der Waals surface area contributed by atoms with Gasteiger partial charge in [0.2, 0.25) is 0 Å². The summed E-state index contributed by atoms with van der Waals surface area (Å²) in [5.74, 6) is 0.644. The fourth-order valence-corrected chi connectivity index (χ4v) is 2.87. The van der Waals surface area contributed by atoms with E-state index in [0.717, 1.165) is 25.7 Å². The van der Waals surface area contributed by atoms with Crippen molar-refractivity contribution in [1.82, 2.24) is 0 Å². The number of halogens is 1. The van der Waals surface area contributed by atoms with Gasteiger partial charge in [-0.2, -0.15) is 0 Å². The van der Waals surface area contributed by atoms with E-state index in [2.05, 4.69) is 20.8 Å². The molecule has 0 N–H and O–H groups in total. The molecule has 0 aliphatic rings. The Morgan fingerprint density at radius 1 is 0.571 bits per heavy atom. The van der Waals surface area contributed by atoms with Crippen LogP contribution < -0.4 is 0 Å². The van der Waals surface area contributed by atoms with Crippen molar-refractivity contribution >= 4 is 0 Å². The monoisotopic (exact) mass is 300 g/mol. The molecule has 0 aromatic heterocycles. The zero-order valence-electron chi connectivity index (χ0n) is 15.1. The van der Waals surface area contributed by atoms with Gasteiger partial charge in [-0.3, -0.25) is 0 Å². The van der Waals surface area contributed by atoms with Crippen LogP contribution in [-0.2, 0) is 0 Å². The molecule has 1 unspecified atom stereocenters. The lowest BCUT2D eigenvalue weighted by Gasteiger charge is -2.09. The maximum absolute atomic E-state index is 13.6. The van der Waals surface area contributed by atoms with Gasteiger partial charge in [0.1, 0.15) is 6.17 Å². The quantitative estimate of drug-likeness (QED) is 0.254. The average Bonchev–Trinajstić information content (AvgIpc) is 2.46. The Hall–Kier alpha value is -0.0700. The molecule has 0 spiro atoms. The van der Waals surface area contributed by atoms with Crippen LogP contribution in [0.4, 0.5) is 4.39 Å². The summed E-state index contributed by atoms with van der Waals surface area (Å²) in [5, 5.41) is 0. The van der Waals surface area contributed by atoms with Gasteiger partial charge in [0.05, 0.1) is 0 Å². The zero-order chi connectivity index (χ0) is 15.8. The van der Waals surface area contributed by atoms with Crippen molar-refractivity contribution in [3.8, 4) is 0 Å². The number of unbranched alkanes of at least 4 members (excludes halogenated alkanes) is 11. The van der Waals surface area contributed by atoms with Crippen LogP contribution in [0.5, 0.6) is 0 Å². The highest BCUT2D eigenvalue weighted by atomic mass is 19.1. The maximum atomic E-state index is 13.6. The third-order valence-corrected chi connectivity index (χ3v) is 4.43. The first-order chi connectivity index (χ1) is 10.2. The van der Waals surface area contributed by atoms with E-state index in [-0.39, 0.29) is 0 Å². The summed E-state index contributed by atoms with van der Waals surface area (Å²) in [7, 11) is 0. The second-order valence-corrected chi connectivity index (χ2v) is 7.25. The Morgan fingerprint density at radius 3 is 1.43 bits per heavy atom. The van der Waals surface area contributed by atoms with Crippen molar-refractivity contribution in [1.29, 1.82) is 0 Å². The summed E-state index contributed by atoms with van der Waals surface area (Å²) in [6, 6.07) is 0. The number of hydrogen-bond donors (Lipinski definition) is 0. The Balaban J connectivity index is 3.08. The average molecular weight is 301 g/mol. The van der Waals surface area contributed by atoms with Crippen LogP contribution in [0.15, 0.2) is 0 Å². The first-order valence-electron chi connectivity index (χ1n) is 9.80. The summed E-state index contributed by atoms with van der Waals surface area (Å²) in [5.41, 5.74) is 0. The smallest absolute Gasteiger partial charge is 0.100 e. The Labute approximate surface area is 134 Å². The van der Waals surface area contributed by atoms with Gasteiger partial charge in [0.25, 0.3) is 0 Å². The topological polar surface area (TPSA) is 0 Å². The van der Waals surface area contributed by atoms with Crippen molar-refractivity contribution in [2.75, 3.05) is 0 Å². The molecular weight excluding hydrogens is 259 g/mol. The highest BCUT2D eigenvalue weighted by Crippen LogP contribution is 2.17. The molecule has 0 nitrogen and oxygen atoms in total. The van der Waals surface area contributed by atoms with Crippen LogP contribution in [0.2, 0.25) is 0 Å². The number of hydrogen-bond acceptors (Lipinski definition) is 0. The molecule has 0 aliphatic carbocycles. The third kappa shape index (κ3) is 17.9. The highest BCUT2D eigenvalue weighted by molar-refractivity contribution is 4.59. The molecule has 0 saturated carbocycles. The highest BCUT2D eigenvalue weighted by Gasteiger charge is 2.07. The SMILES string of the molecule is CCCCCCCCCCCCCCC(F)CCC(C)C. The molecule has 0 heterocycles. The van der Waals surface area contributed by atoms with Crippen molar-refractivity contribution in [3.63, 3.8) is 0 Å². The van der Waals surface area contributed by atoms with Crippen LogP contribution >= 0.6 is 0 Å². The lowest BCUT2D eigenvalue weighted by Crippen LogP contribution is -2.02. The molecule has 0 aliphatic heterocycles. The molecule has 0 aromatic rings. The van der Waals surface area contributed by atoms with Gasteiger partial charge in [0.15, 0.2) is 0 Å². The molecule has 21 heavy (non-hydrogen) atoms. The van der Waals surface area contributed by atoms with Gasteiger partial charge in [-0.15, -0.1) is 0 Å². The molecule has 1 atom stereocenters. The Bertz CT molecular complexity index is 188. The zero-order valence-corrected chi connectivity index (χ0v) is 15.1. The molecule has 0 bridgehead atoms. The van der Waals surface area contributed by atoms with E-state index >= 15 is 0 Å². The molecule has 0 aromatic carbocycles. The van der Waals surface area contributed by atoms with Gasteiger partial charge in [-0.1, -0.05) is 97.8 Å². The van der Waals surface area contributed by atoms with E-state index in [0.29, 0.717) is 5.92 Å². The van der Waals surface area contributed by atoms with Crippen molar-refractivity contribution < 1.29 is 4.39 Å². The fourth-order valence-electron chi connectivity index (χ4n) is 2.87. The normalized spacial score (nSPS) is 13.0. The molecular formula is C20H41F. The third-order valence-electron chi connectivity index (χ3n) is 4.43. The Kier molecular flexibility index (Phi) is 16.2. The summed E-state index contributed by atoms with van der Waals surface area (Å²) >= 11 is 0. The predicted molar refractivity (Wildman–Crippen MR) is 94.7 cm³/mol. The molecule has 128 valence electrons. The second-order valence-electron chi connectivity index (χ2n) is 7.25. The Morgan fingerprint density at radius 2 is 1.00 bits per heavy atom. The molecule has 1 heteroatoms. The lowest BCUT2D eigenvalue weighted by molar-refractivity contribution is 0.271. The summed E-state index contributed by atoms with van der Waals surface area (Å²) in [6.45, 7) is 6.63. The second kappa shape index (κ2) is 16.3. The van der Waals surface area contributed by atoms with Crippen LogP contribution in [0, 0.1) is 5.92 Å². The first kappa shape index (κ1) is 20.9. The van der Waals surface area contributed by atoms with Gasteiger partial charge < -0.3 is 0 Å². The van der Waals surface area contributed by atoms with Crippen LogP contribution in [-0.4, -0.2) is 6.17 Å². The predicted octanol–water partition coefficient (Wildman–Crippen LogP) is 7.85. The summed E-state index contributed by atoms with van der Waals surface area (Å²) in [6.07, 6.45) is 18.3. The van der Waals surface area contributed by atoms with E-state index in [4.69, 9.17) is 0 Å². The summed E-state index contributed by atoms with van der Waals surface area (Å²) in [4.78, 5) is 0. The van der Waals surface area contributed by atoms with E-state index in [9.17, 15) is 4.39 Å². The molecule has 0 radical (unpaired) electrons. The van der Waals surface area contributed by atoms with E-state index < -0.39 is 6.17 Å². The lowest BCUT2D eigenvalue weighted by atomic mass is 10.0. The molecule has 0 saturated heterocycles. The van der Waals surface area contributed by atoms with Crippen LogP contribution in [0.1, 0.15) is 117 Å². The van der Waals surface area contributed by atoms with E-state index in [1.165, 1.54) is 70.6 Å². The largest absolute Gasteiger partial charge is 0.247 e. The van der Waals surface area contributed by atoms with Crippen LogP contribution in [0.25, 0.3) is 0 Å². The van der Waals surface area contributed by atoms with Gasteiger partial charge in [0, 0.05) is 0 Å². The van der Waals surface area contributed by atoms with Crippen molar-refractivity contribution in [2.24, 2.45) is 5.92 Å².